The van der Waals surface area contributed by atoms with E-state index < -0.39 is 0 Å². The SMILES string of the molecule is COc1cc(C=NNC(=O)Cc2nnc(NC(=O)c3ccccc3C)s2)cc(Br)c1OCCOc1ccc(C(C)(C)C)cc1. The number of carbonyl (C=O) groups excluding carboxylic acids is 2. The van der Waals surface area contributed by atoms with Crippen molar-refractivity contribution >= 4 is 50.4 Å². The van der Waals surface area contributed by atoms with Crippen LogP contribution in [0.1, 0.15) is 52.8 Å². The van der Waals surface area contributed by atoms with E-state index >= 15 is 0 Å². The largest absolute Gasteiger partial charge is 0.493 e. The molecule has 0 radical (unpaired) electrons. The molecule has 0 unspecified atom stereocenters. The summed E-state index contributed by atoms with van der Waals surface area (Å²) >= 11 is 4.65. The molecule has 0 aliphatic heterocycles. The van der Waals surface area contributed by atoms with Crippen LogP contribution in [-0.2, 0) is 16.6 Å². The third-order valence-electron chi connectivity index (χ3n) is 6.36. The van der Waals surface area contributed by atoms with Crippen molar-refractivity contribution in [2.45, 2.75) is 39.5 Å². The first-order valence-corrected chi connectivity index (χ1v) is 15.4. The minimum absolute atomic E-state index is 0.0438. The summed E-state index contributed by atoms with van der Waals surface area (Å²) < 4.78 is 17.9. The van der Waals surface area contributed by atoms with Crippen LogP contribution >= 0.6 is 27.3 Å². The normalized spacial score (nSPS) is 11.3. The molecule has 4 rings (SSSR count). The average Bonchev–Trinajstić information content (AvgIpc) is 3.42. The van der Waals surface area contributed by atoms with Crippen LogP contribution in [0.3, 0.4) is 0 Å². The van der Waals surface area contributed by atoms with Crippen LogP contribution in [0, 0.1) is 6.92 Å². The minimum Gasteiger partial charge on any atom is -0.493 e. The molecule has 0 aliphatic rings. The smallest absolute Gasteiger partial charge is 0.257 e. The number of carbonyl (C=O) groups is 2. The number of nitrogens with one attached hydrogen (secondary N) is 2. The number of aromatic nitrogens is 2. The molecule has 2 amide bonds. The summed E-state index contributed by atoms with van der Waals surface area (Å²) in [6.45, 7) is 9.03. The van der Waals surface area contributed by atoms with Gasteiger partial charge in [-0.1, -0.05) is 62.4 Å². The fourth-order valence-corrected chi connectivity index (χ4v) is 5.34. The maximum absolute atomic E-state index is 12.5. The van der Waals surface area contributed by atoms with Crippen molar-refractivity contribution in [3.63, 3.8) is 0 Å². The molecular formula is C32H34BrN5O5S. The van der Waals surface area contributed by atoms with Gasteiger partial charge in [0.25, 0.3) is 5.91 Å². The van der Waals surface area contributed by atoms with Gasteiger partial charge in [-0.15, -0.1) is 10.2 Å². The second-order valence-corrected chi connectivity index (χ2v) is 12.7. The molecule has 0 atom stereocenters. The van der Waals surface area contributed by atoms with Gasteiger partial charge in [0.05, 0.1) is 24.2 Å². The van der Waals surface area contributed by atoms with Gasteiger partial charge in [0, 0.05) is 5.56 Å². The molecule has 2 N–H and O–H groups in total. The second-order valence-electron chi connectivity index (χ2n) is 10.7. The Morgan fingerprint density at radius 3 is 2.45 bits per heavy atom. The van der Waals surface area contributed by atoms with Crippen LogP contribution in [0.15, 0.2) is 70.2 Å². The number of hydrogen-bond acceptors (Lipinski definition) is 9. The number of benzene rings is 3. The van der Waals surface area contributed by atoms with Gasteiger partial charge >= 0.3 is 0 Å². The second kappa shape index (κ2) is 14.9. The van der Waals surface area contributed by atoms with E-state index in [4.69, 9.17) is 14.2 Å². The Kier molecular flexibility index (Phi) is 11.1. The number of halogens is 1. The van der Waals surface area contributed by atoms with Gasteiger partial charge in [-0.05, 0) is 75.3 Å². The van der Waals surface area contributed by atoms with Gasteiger partial charge in [0.15, 0.2) is 11.5 Å². The van der Waals surface area contributed by atoms with Gasteiger partial charge in [0.1, 0.15) is 24.0 Å². The Morgan fingerprint density at radius 2 is 1.75 bits per heavy atom. The van der Waals surface area contributed by atoms with Gasteiger partial charge < -0.3 is 14.2 Å². The van der Waals surface area contributed by atoms with Crippen molar-refractivity contribution in [3.8, 4) is 17.2 Å². The van der Waals surface area contributed by atoms with Crippen LogP contribution in [0.2, 0.25) is 0 Å². The monoisotopic (exact) mass is 679 g/mol. The van der Waals surface area contributed by atoms with Crippen LogP contribution in [0.5, 0.6) is 17.2 Å². The predicted octanol–water partition coefficient (Wildman–Crippen LogP) is 6.32. The topological polar surface area (TPSA) is 124 Å². The third-order valence-corrected chi connectivity index (χ3v) is 7.79. The number of aryl methyl sites for hydroxylation is 1. The maximum atomic E-state index is 12.5. The molecule has 12 heteroatoms. The number of anilines is 1. The highest BCUT2D eigenvalue weighted by atomic mass is 79.9. The fraction of sp³-hybridized carbons (Fsp3) is 0.281. The van der Waals surface area contributed by atoms with E-state index in [-0.39, 0.29) is 23.7 Å². The molecule has 3 aromatic carbocycles. The Balaban J connectivity index is 1.25. The standard InChI is InChI=1S/C32H34BrN5O5S/c1-20-8-6-7-9-24(20)30(40)35-31-38-37-28(44-31)18-27(39)36-34-19-21-16-25(33)29(26(17-21)41-5)43-15-14-42-23-12-10-22(11-13-23)32(2,3)4/h6-13,16-17,19H,14-15,18H2,1-5H3,(H,36,39)(H,35,38,40). The van der Waals surface area contributed by atoms with E-state index in [1.807, 2.05) is 31.2 Å². The van der Waals surface area contributed by atoms with Gasteiger partial charge in [-0.2, -0.15) is 5.10 Å². The number of hydrogen-bond donors (Lipinski definition) is 2. The van der Waals surface area contributed by atoms with Gasteiger partial charge in [-0.3, -0.25) is 14.9 Å². The molecule has 10 nitrogen and oxygen atoms in total. The Labute approximate surface area is 269 Å². The minimum atomic E-state index is -0.381. The lowest BCUT2D eigenvalue weighted by atomic mass is 9.87. The highest BCUT2D eigenvalue weighted by molar-refractivity contribution is 9.10. The lowest BCUT2D eigenvalue weighted by Crippen LogP contribution is -2.19. The lowest BCUT2D eigenvalue weighted by molar-refractivity contribution is -0.120. The first-order chi connectivity index (χ1) is 21.0. The molecular weight excluding hydrogens is 646 g/mol. The van der Waals surface area contributed by atoms with E-state index in [1.54, 1.807) is 31.4 Å². The number of amides is 2. The zero-order valence-corrected chi connectivity index (χ0v) is 27.5. The summed E-state index contributed by atoms with van der Waals surface area (Å²) in [7, 11) is 1.55. The molecule has 0 fully saturated rings. The van der Waals surface area contributed by atoms with Crippen LogP contribution in [0.4, 0.5) is 5.13 Å². The Hall–Kier alpha value is -4.29. The van der Waals surface area contributed by atoms with Gasteiger partial charge in [0.2, 0.25) is 11.0 Å². The molecule has 1 aromatic heterocycles. The zero-order chi connectivity index (χ0) is 31.7. The van der Waals surface area contributed by atoms with Crippen molar-refractivity contribution in [2.75, 3.05) is 25.6 Å². The Morgan fingerprint density at radius 1 is 1.02 bits per heavy atom. The number of rotatable bonds is 12. The number of hydrazone groups is 1. The summed E-state index contributed by atoms with van der Waals surface area (Å²) in [5, 5.41) is 15.5. The molecule has 4 aromatic rings. The third kappa shape index (κ3) is 9.10. The lowest BCUT2D eigenvalue weighted by Gasteiger charge is -2.19. The predicted molar refractivity (Wildman–Crippen MR) is 175 cm³/mol. The number of ether oxygens (including phenoxy) is 3. The maximum Gasteiger partial charge on any atom is 0.257 e. The first kappa shape index (κ1) is 32.6. The summed E-state index contributed by atoms with van der Waals surface area (Å²) in [5.74, 6) is 1.14. The molecule has 230 valence electrons. The summed E-state index contributed by atoms with van der Waals surface area (Å²) in [6.07, 6.45) is 1.45. The molecule has 0 bridgehead atoms. The molecule has 0 saturated heterocycles. The highest BCUT2D eigenvalue weighted by Gasteiger charge is 2.15. The molecule has 44 heavy (non-hydrogen) atoms. The van der Waals surface area contributed by atoms with E-state index in [0.717, 1.165) is 22.6 Å². The first-order valence-electron chi connectivity index (χ1n) is 13.8. The number of nitrogens with zero attached hydrogens (tertiary/aromatic N) is 3. The van der Waals surface area contributed by atoms with E-state index in [0.29, 0.717) is 50.5 Å². The van der Waals surface area contributed by atoms with E-state index in [9.17, 15) is 9.59 Å². The van der Waals surface area contributed by atoms with E-state index in [1.165, 1.54) is 11.8 Å². The van der Waals surface area contributed by atoms with Crippen molar-refractivity contribution in [1.29, 1.82) is 0 Å². The van der Waals surface area contributed by atoms with E-state index in [2.05, 4.69) is 74.9 Å². The summed E-state index contributed by atoms with van der Waals surface area (Å²) in [5.41, 5.74) is 5.88. The van der Waals surface area contributed by atoms with Crippen molar-refractivity contribution in [3.05, 3.63) is 92.4 Å². The van der Waals surface area contributed by atoms with Crippen molar-refractivity contribution in [1.82, 2.24) is 15.6 Å². The van der Waals surface area contributed by atoms with Crippen LogP contribution < -0.4 is 25.0 Å². The van der Waals surface area contributed by atoms with Crippen molar-refractivity contribution < 1.29 is 23.8 Å². The zero-order valence-electron chi connectivity index (χ0n) is 25.1. The highest BCUT2D eigenvalue weighted by Crippen LogP contribution is 2.36. The Bertz CT molecular complexity index is 1630. The number of methoxy groups -OCH3 is 1. The molecule has 0 spiro atoms. The van der Waals surface area contributed by atoms with Crippen molar-refractivity contribution in [2.24, 2.45) is 5.10 Å². The fourth-order valence-electron chi connectivity index (χ4n) is 4.03. The van der Waals surface area contributed by atoms with Crippen LogP contribution in [0.25, 0.3) is 0 Å². The molecule has 1 heterocycles. The average molecular weight is 681 g/mol. The molecule has 0 saturated carbocycles. The summed E-state index contributed by atoms with van der Waals surface area (Å²) in [6, 6.07) is 18.8. The van der Waals surface area contributed by atoms with Gasteiger partial charge in [-0.25, -0.2) is 5.43 Å². The molecule has 0 aliphatic carbocycles. The van der Waals surface area contributed by atoms with Crippen LogP contribution in [-0.4, -0.2) is 48.5 Å². The summed E-state index contributed by atoms with van der Waals surface area (Å²) in [4.78, 5) is 24.9. The quantitative estimate of drug-likeness (QED) is 0.102.